The summed E-state index contributed by atoms with van der Waals surface area (Å²) in [6.45, 7) is 1.63. The fourth-order valence-corrected chi connectivity index (χ4v) is 1.92. The lowest BCUT2D eigenvalue weighted by Gasteiger charge is -2.22. The molecule has 2 nitrogen and oxygen atoms in total. The van der Waals surface area contributed by atoms with Crippen LogP contribution in [0.5, 0.6) is 0 Å². The third-order valence-corrected chi connectivity index (χ3v) is 3.11. The maximum atomic E-state index is 13.4. The summed E-state index contributed by atoms with van der Waals surface area (Å²) in [5.74, 6) is -0.288. The van der Waals surface area contributed by atoms with Crippen molar-refractivity contribution in [2.45, 2.75) is 25.4 Å². The van der Waals surface area contributed by atoms with Gasteiger partial charge in [-0.25, -0.2) is 9.37 Å². The molecule has 0 saturated heterocycles. The SMILES string of the molecule is CC(O)(c1nc(Br)ccc1F)C1CC1. The van der Waals surface area contributed by atoms with Crippen LogP contribution in [-0.2, 0) is 5.60 Å². The fourth-order valence-electron chi connectivity index (χ4n) is 1.61. The van der Waals surface area contributed by atoms with Crippen LogP contribution in [0.1, 0.15) is 25.5 Å². The minimum Gasteiger partial charge on any atom is -0.383 e. The average Bonchev–Trinajstić information content (AvgIpc) is 2.91. The van der Waals surface area contributed by atoms with Crippen molar-refractivity contribution in [1.29, 1.82) is 0 Å². The molecule has 1 aliphatic rings. The quantitative estimate of drug-likeness (QED) is 0.829. The number of hydrogen-bond donors (Lipinski definition) is 1. The highest BCUT2D eigenvalue weighted by molar-refractivity contribution is 9.10. The van der Waals surface area contributed by atoms with E-state index in [9.17, 15) is 9.50 Å². The molecule has 4 heteroatoms. The molecule has 1 heterocycles. The van der Waals surface area contributed by atoms with Crippen LogP contribution in [0.2, 0.25) is 0 Å². The Kier molecular flexibility index (Phi) is 2.35. The molecule has 0 spiro atoms. The number of aromatic nitrogens is 1. The minimum absolute atomic E-state index is 0.148. The molecule has 0 bridgehead atoms. The fraction of sp³-hybridized carbons (Fsp3) is 0.500. The molecule has 1 atom stereocenters. The number of hydrogen-bond acceptors (Lipinski definition) is 2. The van der Waals surface area contributed by atoms with Crippen molar-refractivity contribution < 1.29 is 9.50 Å². The molecule has 1 aliphatic carbocycles. The lowest BCUT2D eigenvalue weighted by Crippen LogP contribution is -2.26. The number of rotatable bonds is 2. The van der Waals surface area contributed by atoms with Gasteiger partial charge in [-0.05, 0) is 53.7 Å². The molecular formula is C10H11BrFNO. The van der Waals surface area contributed by atoms with E-state index in [1.807, 2.05) is 0 Å². The molecule has 1 saturated carbocycles. The predicted molar refractivity (Wildman–Crippen MR) is 54.2 cm³/mol. The Labute approximate surface area is 90.3 Å². The van der Waals surface area contributed by atoms with Crippen LogP contribution in [0.3, 0.4) is 0 Å². The molecule has 1 fully saturated rings. The van der Waals surface area contributed by atoms with Crippen molar-refractivity contribution in [1.82, 2.24) is 4.98 Å². The Morgan fingerprint density at radius 1 is 1.57 bits per heavy atom. The van der Waals surface area contributed by atoms with E-state index in [2.05, 4.69) is 20.9 Å². The zero-order valence-electron chi connectivity index (χ0n) is 7.80. The van der Waals surface area contributed by atoms with Gasteiger partial charge in [-0.3, -0.25) is 0 Å². The Balaban J connectivity index is 2.43. The van der Waals surface area contributed by atoms with Crippen LogP contribution in [0, 0.1) is 11.7 Å². The highest BCUT2D eigenvalue weighted by Crippen LogP contribution is 2.45. The third kappa shape index (κ3) is 1.68. The van der Waals surface area contributed by atoms with Gasteiger partial charge in [-0.15, -0.1) is 0 Å². The second-order valence-electron chi connectivity index (χ2n) is 3.89. The Morgan fingerprint density at radius 3 is 2.79 bits per heavy atom. The largest absolute Gasteiger partial charge is 0.383 e. The first-order chi connectivity index (χ1) is 6.51. The number of aliphatic hydroxyl groups is 1. The standard InChI is InChI=1S/C10H11BrFNO/c1-10(14,6-2-3-6)9-7(12)4-5-8(11)13-9/h4-6,14H,2-3H2,1H3. The maximum Gasteiger partial charge on any atom is 0.147 e. The lowest BCUT2D eigenvalue weighted by molar-refractivity contribution is 0.0246. The van der Waals surface area contributed by atoms with Gasteiger partial charge in [0.05, 0.1) is 0 Å². The maximum absolute atomic E-state index is 13.4. The highest BCUT2D eigenvalue weighted by atomic mass is 79.9. The molecule has 2 rings (SSSR count). The van der Waals surface area contributed by atoms with Crippen LogP contribution < -0.4 is 0 Å². The van der Waals surface area contributed by atoms with Crippen molar-refractivity contribution in [2.24, 2.45) is 5.92 Å². The highest BCUT2D eigenvalue weighted by Gasteiger charge is 2.43. The molecule has 0 radical (unpaired) electrons. The number of pyridine rings is 1. The molecule has 76 valence electrons. The third-order valence-electron chi connectivity index (χ3n) is 2.66. The van der Waals surface area contributed by atoms with E-state index in [4.69, 9.17) is 0 Å². The summed E-state index contributed by atoms with van der Waals surface area (Å²) < 4.78 is 14.0. The van der Waals surface area contributed by atoms with E-state index in [1.54, 1.807) is 6.92 Å². The van der Waals surface area contributed by atoms with Gasteiger partial charge in [0.1, 0.15) is 21.7 Å². The van der Waals surface area contributed by atoms with Gasteiger partial charge >= 0.3 is 0 Å². The van der Waals surface area contributed by atoms with Gasteiger partial charge in [0, 0.05) is 0 Å². The van der Waals surface area contributed by atoms with E-state index in [1.165, 1.54) is 12.1 Å². The van der Waals surface area contributed by atoms with Gasteiger partial charge in [0.25, 0.3) is 0 Å². The normalized spacial score (nSPS) is 20.6. The Hall–Kier alpha value is -0.480. The van der Waals surface area contributed by atoms with Crippen LogP contribution in [0.4, 0.5) is 4.39 Å². The van der Waals surface area contributed by atoms with E-state index < -0.39 is 11.4 Å². The van der Waals surface area contributed by atoms with Gasteiger partial charge in [-0.2, -0.15) is 0 Å². The zero-order chi connectivity index (χ0) is 10.3. The molecule has 14 heavy (non-hydrogen) atoms. The Morgan fingerprint density at radius 2 is 2.21 bits per heavy atom. The topological polar surface area (TPSA) is 33.1 Å². The molecular weight excluding hydrogens is 249 g/mol. The summed E-state index contributed by atoms with van der Waals surface area (Å²) in [6.07, 6.45) is 1.89. The van der Waals surface area contributed by atoms with Crippen molar-refractivity contribution >= 4 is 15.9 Å². The molecule has 1 aromatic heterocycles. The van der Waals surface area contributed by atoms with Crippen LogP contribution in [0.25, 0.3) is 0 Å². The van der Waals surface area contributed by atoms with Crippen molar-refractivity contribution in [3.05, 3.63) is 28.2 Å². The first-order valence-corrected chi connectivity index (χ1v) is 5.36. The van der Waals surface area contributed by atoms with Crippen molar-refractivity contribution in [2.75, 3.05) is 0 Å². The van der Waals surface area contributed by atoms with E-state index >= 15 is 0 Å². The molecule has 1 aromatic rings. The summed E-state index contributed by atoms with van der Waals surface area (Å²) >= 11 is 3.17. The van der Waals surface area contributed by atoms with Crippen LogP contribution >= 0.6 is 15.9 Å². The summed E-state index contributed by atoms with van der Waals surface area (Å²) in [5, 5.41) is 10.1. The second kappa shape index (κ2) is 3.28. The predicted octanol–water partition coefficient (Wildman–Crippen LogP) is 2.60. The lowest BCUT2D eigenvalue weighted by atomic mass is 9.95. The smallest absolute Gasteiger partial charge is 0.147 e. The second-order valence-corrected chi connectivity index (χ2v) is 4.70. The first-order valence-electron chi connectivity index (χ1n) is 4.56. The summed E-state index contributed by atoms with van der Waals surface area (Å²) in [4.78, 5) is 4.00. The van der Waals surface area contributed by atoms with Crippen molar-refractivity contribution in [3.8, 4) is 0 Å². The van der Waals surface area contributed by atoms with Gasteiger partial charge in [0.15, 0.2) is 0 Å². The van der Waals surface area contributed by atoms with Gasteiger partial charge in [0.2, 0.25) is 0 Å². The summed E-state index contributed by atoms with van der Waals surface area (Å²) in [5.41, 5.74) is -0.984. The van der Waals surface area contributed by atoms with Crippen LogP contribution in [-0.4, -0.2) is 10.1 Å². The van der Waals surface area contributed by atoms with Crippen LogP contribution in [0.15, 0.2) is 16.7 Å². The molecule has 0 aliphatic heterocycles. The molecule has 1 N–H and O–H groups in total. The minimum atomic E-state index is -1.13. The van der Waals surface area contributed by atoms with Gasteiger partial charge < -0.3 is 5.11 Å². The summed E-state index contributed by atoms with van der Waals surface area (Å²) in [7, 11) is 0. The van der Waals surface area contributed by atoms with E-state index in [-0.39, 0.29) is 11.6 Å². The molecule has 0 aromatic carbocycles. The number of halogens is 2. The zero-order valence-corrected chi connectivity index (χ0v) is 9.38. The Bertz CT molecular complexity index is 363. The van der Waals surface area contributed by atoms with Gasteiger partial charge in [-0.1, -0.05) is 0 Å². The number of nitrogens with zero attached hydrogens (tertiary/aromatic N) is 1. The summed E-state index contributed by atoms with van der Waals surface area (Å²) in [6, 6.07) is 2.85. The first kappa shape index (κ1) is 10.1. The van der Waals surface area contributed by atoms with E-state index in [0.29, 0.717) is 4.60 Å². The molecule has 0 amide bonds. The van der Waals surface area contributed by atoms with Crippen molar-refractivity contribution in [3.63, 3.8) is 0 Å². The van der Waals surface area contributed by atoms with E-state index in [0.717, 1.165) is 12.8 Å². The monoisotopic (exact) mass is 259 g/mol. The average molecular weight is 260 g/mol. The molecule has 1 unspecified atom stereocenters.